The minimum atomic E-state index is -0.857. The number of nitrogens with zero attached hydrogens (tertiary/aromatic N) is 1. The molecule has 0 atom stereocenters. The number of aromatic nitrogens is 1. The van der Waals surface area contributed by atoms with Crippen LogP contribution in [-0.4, -0.2) is 16.1 Å². The minimum Gasteiger partial charge on any atom is -0.481 e. The Labute approximate surface area is 158 Å². The van der Waals surface area contributed by atoms with Gasteiger partial charge in [0.2, 0.25) is 0 Å². The maximum atomic E-state index is 11.2. The number of carboxylic acids is 1. The number of aliphatic carboxylic acids is 1. The van der Waals surface area contributed by atoms with Crippen molar-refractivity contribution in [2.24, 2.45) is 0 Å². The van der Waals surface area contributed by atoms with E-state index in [-0.39, 0.29) is 6.42 Å². The molecule has 6 heteroatoms. The summed E-state index contributed by atoms with van der Waals surface area (Å²) in [7, 11) is 0. The zero-order valence-corrected chi connectivity index (χ0v) is 16.2. The van der Waals surface area contributed by atoms with Gasteiger partial charge < -0.3 is 10.4 Å². The minimum absolute atomic E-state index is 0.0397. The van der Waals surface area contributed by atoms with Crippen molar-refractivity contribution in [3.63, 3.8) is 0 Å². The summed E-state index contributed by atoms with van der Waals surface area (Å²) in [5.74, 6) is -0.857. The van der Waals surface area contributed by atoms with Crippen LogP contribution in [0.15, 0.2) is 46.9 Å². The molecule has 4 nitrogen and oxygen atoms in total. The van der Waals surface area contributed by atoms with Gasteiger partial charge >= 0.3 is 5.97 Å². The summed E-state index contributed by atoms with van der Waals surface area (Å²) in [6.45, 7) is 4.10. The Kier molecular flexibility index (Phi) is 5.20. The lowest BCUT2D eigenvalue weighted by Crippen LogP contribution is -1.99. The third-order valence-corrected chi connectivity index (χ3v) is 5.38. The number of thiazole rings is 1. The molecule has 25 heavy (non-hydrogen) atoms. The molecule has 3 rings (SSSR count). The Bertz CT molecular complexity index is 920. The summed E-state index contributed by atoms with van der Waals surface area (Å²) in [6, 6.07) is 13.9. The van der Waals surface area contributed by atoms with Gasteiger partial charge in [-0.05, 0) is 55.3 Å². The average Bonchev–Trinajstić information content (AvgIpc) is 2.94. The number of rotatable bonds is 5. The normalized spacial score (nSPS) is 10.7. The highest BCUT2D eigenvalue weighted by Crippen LogP contribution is 2.34. The average molecular weight is 417 g/mol. The second kappa shape index (κ2) is 7.37. The van der Waals surface area contributed by atoms with Gasteiger partial charge in [0.05, 0.1) is 12.1 Å². The fraction of sp³-hybridized carbons (Fsp3) is 0.158. The van der Waals surface area contributed by atoms with Crippen molar-refractivity contribution in [2.45, 2.75) is 20.3 Å². The van der Waals surface area contributed by atoms with Crippen LogP contribution in [0.2, 0.25) is 0 Å². The van der Waals surface area contributed by atoms with Crippen molar-refractivity contribution in [3.05, 3.63) is 62.9 Å². The summed E-state index contributed by atoms with van der Waals surface area (Å²) in [5.41, 5.74) is 4.95. The number of hydrogen-bond donors (Lipinski definition) is 2. The standard InChI is InChI=1S/C19H17BrN2O2S/c1-11-3-4-13(9-12(11)2)18-16(10-17(23)24)25-19(22-18)21-15-7-5-14(20)6-8-15/h3-9H,10H2,1-2H3,(H,21,22)(H,23,24). The molecule has 0 aliphatic rings. The van der Waals surface area contributed by atoms with Crippen LogP contribution in [-0.2, 0) is 11.2 Å². The second-order valence-corrected chi connectivity index (χ2v) is 7.79. The van der Waals surface area contributed by atoms with Crippen LogP contribution in [0.5, 0.6) is 0 Å². The lowest BCUT2D eigenvalue weighted by molar-refractivity contribution is -0.136. The molecule has 2 aromatic carbocycles. The highest BCUT2D eigenvalue weighted by molar-refractivity contribution is 9.10. The third kappa shape index (κ3) is 4.27. The molecule has 0 amide bonds. The number of carbonyl (C=O) groups is 1. The number of hydrogen-bond acceptors (Lipinski definition) is 4. The maximum absolute atomic E-state index is 11.2. The van der Waals surface area contributed by atoms with Crippen LogP contribution in [0.4, 0.5) is 10.8 Å². The number of carboxylic acid groups (broad SMARTS) is 1. The monoisotopic (exact) mass is 416 g/mol. The first-order valence-electron chi connectivity index (χ1n) is 7.74. The van der Waals surface area contributed by atoms with Gasteiger partial charge in [0.25, 0.3) is 0 Å². The molecule has 0 saturated carbocycles. The van der Waals surface area contributed by atoms with E-state index in [0.717, 1.165) is 31.9 Å². The van der Waals surface area contributed by atoms with Gasteiger partial charge in [-0.1, -0.05) is 28.1 Å². The quantitative estimate of drug-likeness (QED) is 0.571. The molecule has 0 fully saturated rings. The van der Waals surface area contributed by atoms with Crippen LogP contribution in [0.1, 0.15) is 16.0 Å². The molecular formula is C19H17BrN2O2S. The lowest BCUT2D eigenvalue weighted by Gasteiger charge is -2.05. The van der Waals surface area contributed by atoms with Gasteiger partial charge in [-0.2, -0.15) is 0 Å². The van der Waals surface area contributed by atoms with E-state index in [1.165, 1.54) is 16.9 Å². The molecule has 0 saturated heterocycles. The first-order chi connectivity index (χ1) is 11.9. The lowest BCUT2D eigenvalue weighted by atomic mass is 10.0. The van der Waals surface area contributed by atoms with Gasteiger partial charge in [0, 0.05) is 20.6 Å². The van der Waals surface area contributed by atoms with E-state index in [1.807, 2.05) is 43.3 Å². The molecular weight excluding hydrogens is 400 g/mol. The highest BCUT2D eigenvalue weighted by atomic mass is 79.9. The molecule has 0 spiro atoms. The van der Waals surface area contributed by atoms with Crippen LogP contribution in [0, 0.1) is 13.8 Å². The summed E-state index contributed by atoms with van der Waals surface area (Å²) in [6.07, 6.45) is -0.0397. The first-order valence-corrected chi connectivity index (χ1v) is 9.35. The molecule has 0 bridgehead atoms. The van der Waals surface area contributed by atoms with E-state index in [4.69, 9.17) is 0 Å². The van der Waals surface area contributed by atoms with E-state index in [2.05, 4.69) is 39.2 Å². The molecule has 1 heterocycles. The van der Waals surface area contributed by atoms with Gasteiger partial charge in [-0.3, -0.25) is 4.79 Å². The van der Waals surface area contributed by atoms with Gasteiger partial charge in [-0.25, -0.2) is 4.98 Å². The Hall–Kier alpha value is -2.18. The maximum Gasteiger partial charge on any atom is 0.308 e. The summed E-state index contributed by atoms with van der Waals surface area (Å²) in [4.78, 5) is 16.6. The van der Waals surface area contributed by atoms with Crippen molar-refractivity contribution >= 4 is 44.1 Å². The molecule has 128 valence electrons. The molecule has 0 aliphatic carbocycles. The first kappa shape index (κ1) is 17.6. The van der Waals surface area contributed by atoms with E-state index < -0.39 is 5.97 Å². The Morgan fingerprint density at radius 1 is 1.16 bits per heavy atom. The number of aryl methyl sites for hydroxylation is 2. The van der Waals surface area contributed by atoms with Crippen LogP contribution in [0.25, 0.3) is 11.3 Å². The third-order valence-electron chi connectivity index (χ3n) is 3.88. The summed E-state index contributed by atoms with van der Waals surface area (Å²) >= 11 is 4.79. The number of halogens is 1. The van der Waals surface area contributed by atoms with Crippen molar-refractivity contribution in [2.75, 3.05) is 5.32 Å². The van der Waals surface area contributed by atoms with Crippen LogP contribution >= 0.6 is 27.3 Å². The van der Waals surface area contributed by atoms with Crippen LogP contribution in [0.3, 0.4) is 0 Å². The number of nitrogens with one attached hydrogen (secondary N) is 1. The fourth-order valence-corrected chi connectivity index (χ4v) is 3.69. The fourth-order valence-electron chi connectivity index (χ4n) is 2.43. The van der Waals surface area contributed by atoms with Gasteiger partial charge in [-0.15, -0.1) is 11.3 Å². The molecule has 0 radical (unpaired) electrons. The van der Waals surface area contributed by atoms with Crippen molar-refractivity contribution in [1.29, 1.82) is 0 Å². The van der Waals surface area contributed by atoms with E-state index in [0.29, 0.717) is 5.13 Å². The Balaban J connectivity index is 1.98. The summed E-state index contributed by atoms with van der Waals surface area (Å²) < 4.78 is 1.000. The second-order valence-electron chi connectivity index (χ2n) is 5.79. The highest BCUT2D eigenvalue weighted by Gasteiger charge is 2.16. The van der Waals surface area contributed by atoms with Crippen molar-refractivity contribution in [3.8, 4) is 11.3 Å². The van der Waals surface area contributed by atoms with Crippen LogP contribution < -0.4 is 5.32 Å². The summed E-state index contributed by atoms with van der Waals surface area (Å²) in [5, 5.41) is 13.2. The topological polar surface area (TPSA) is 62.2 Å². The van der Waals surface area contributed by atoms with Crippen molar-refractivity contribution in [1.82, 2.24) is 4.98 Å². The SMILES string of the molecule is Cc1ccc(-c2nc(Nc3ccc(Br)cc3)sc2CC(=O)O)cc1C. The predicted octanol–water partition coefficient (Wildman–Crippen LogP) is 5.56. The van der Waals surface area contributed by atoms with E-state index >= 15 is 0 Å². The van der Waals surface area contributed by atoms with E-state index in [1.54, 1.807) is 0 Å². The molecule has 0 unspecified atom stereocenters. The molecule has 0 aliphatic heterocycles. The molecule has 3 aromatic rings. The Morgan fingerprint density at radius 3 is 2.52 bits per heavy atom. The van der Waals surface area contributed by atoms with Gasteiger partial charge in [0.15, 0.2) is 5.13 Å². The Morgan fingerprint density at radius 2 is 1.88 bits per heavy atom. The largest absolute Gasteiger partial charge is 0.481 e. The molecule has 1 aromatic heterocycles. The number of anilines is 2. The van der Waals surface area contributed by atoms with Gasteiger partial charge in [0.1, 0.15) is 0 Å². The smallest absolute Gasteiger partial charge is 0.308 e. The van der Waals surface area contributed by atoms with Crippen molar-refractivity contribution < 1.29 is 9.90 Å². The molecule has 2 N–H and O–H groups in total. The van der Waals surface area contributed by atoms with E-state index in [9.17, 15) is 9.90 Å². The zero-order valence-electron chi connectivity index (χ0n) is 13.8. The predicted molar refractivity (Wildman–Crippen MR) is 106 cm³/mol. The number of benzene rings is 2. The zero-order chi connectivity index (χ0) is 18.0.